The number of esters is 1. The number of ether oxygens (including phenoxy) is 1. The number of carbonyl (C=O) groups excluding carboxylic acids is 1. The van der Waals surface area contributed by atoms with Gasteiger partial charge in [0.15, 0.2) is 9.84 Å². The highest BCUT2D eigenvalue weighted by Crippen LogP contribution is 2.26. The Balaban J connectivity index is 3.29. The first-order chi connectivity index (χ1) is 6.38. The fraction of sp³-hybridized carbons (Fsp3) is 0.375. The van der Waals surface area contributed by atoms with Crippen LogP contribution in [0.15, 0.2) is 10.3 Å². The molecule has 0 aromatic carbocycles. The summed E-state index contributed by atoms with van der Waals surface area (Å²) in [5, 5.41) is 1.46. The van der Waals surface area contributed by atoms with Crippen molar-refractivity contribution in [1.82, 2.24) is 0 Å². The van der Waals surface area contributed by atoms with Gasteiger partial charge in [0.1, 0.15) is 4.88 Å². The van der Waals surface area contributed by atoms with Crippen molar-refractivity contribution in [1.29, 1.82) is 0 Å². The zero-order valence-corrected chi connectivity index (χ0v) is 9.66. The van der Waals surface area contributed by atoms with E-state index in [9.17, 15) is 13.2 Å². The van der Waals surface area contributed by atoms with Gasteiger partial charge in [0.05, 0.1) is 12.0 Å². The van der Waals surface area contributed by atoms with Crippen molar-refractivity contribution in [3.05, 3.63) is 15.8 Å². The van der Waals surface area contributed by atoms with Crippen molar-refractivity contribution in [2.75, 3.05) is 13.4 Å². The fourth-order valence-corrected chi connectivity index (χ4v) is 3.49. The van der Waals surface area contributed by atoms with Gasteiger partial charge >= 0.3 is 5.97 Å². The molecule has 0 saturated heterocycles. The quantitative estimate of drug-likeness (QED) is 0.722. The first-order valence-corrected chi connectivity index (χ1v) is 6.51. The van der Waals surface area contributed by atoms with Gasteiger partial charge in [-0.25, -0.2) is 13.2 Å². The molecule has 0 spiro atoms. The van der Waals surface area contributed by atoms with E-state index >= 15 is 0 Å². The van der Waals surface area contributed by atoms with Crippen LogP contribution in [0.3, 0.4) is 0 Å². The van der Waals surface area contributed by atoms with Crippen molar-refractivity contribution < 1.29 is 17.9 Å². The Labute approximate surface area is 86.4 Å². The van der Waals surface area contributed by atoms with E-state index in [-0.39, 0.29) is 4.90 Å². The van der Waals surface area contributed by atoms with Gasteiger partial charge in [0.2, 0.25) is 0 Å². The van der Waals surface area contributed by atoms with E-state index in [0.29, 0.717) is 10.4 Å². The van der Waals surface area contributed by atoms with Crippen LogP contribution in [0.4, 0.5) is 0 Å². The summed E-state index contributed by atoms with van der Waals surface area (Å²) >= 11 is 1.08. The van der Waals surface area contributed by atoms with E-state index in [1.807, 2.05) is 0 Å². The summed E-state index contributed by atoms with van der Waals surface area (Å²) in [5.41, 5.74) is 0.462. The molecule has 0 aliphatic carbocycles. The number of sulfone groups is 1. The third-order valence-electron chi connectivity index (χ3n) is 1.76. The first kappa shape index (κ1) is 11.2. The summed E-state index contributed by atoms with van der Waals surface area (Å²) in [7, 11) is -1.99. The lowest BCUT2D eigenvalue weighted by molar-refractivity contribution is 0.0605. The molecule has 14 heavy (non-hydrogen) atoms. The van der Waals surface area contributed by atoms with E-state index in [0.717, 1.165) is 17.6 Å². The van der Waals surface area contributed by atoms with Crippen LogP contribution in [0.2, 0.25) is 0 Å². The molecule has 0 aliphatic heterocycles. The maximum atomic E-state index is 11.2. The molecule has 1 aromatic heterocycles. The molecule has 78 valence electrons. The fourth-order valence-electron chi connectivity index (χ4n) is 1.06. The summed E-state index contributed by atoms with van der Waals surface area (Å²) in [5.74, 6) is -0.498. The van der Waals surface area contributed by atoms with Crippen LogP contribution in [-0.2, 0) is 14.6 Å². The Bertz CT molecular complexity index is 456. The molecule has 0 bridgehead atoms. The maximum absolute atomic E-state index is 11.2. The number of hydrogen-bond donors (Lipinski definition) is 0. The van der Waals surface area contributed by atoms with Gasteiger partial charge in [-0.2, -0.15) is 0 Å². The van der Waals surface area contributed by atoms with Crippen molar-refractivity contribution in [3.8, 4) is 0 Å². The molecular formula is C8H10O4S2. The highest BCUT2D eigenvalue weighted by Gasteiger charge is 2.20. The van der Waals surface area contributed by atoms with Crippen LogP contribution in [-0.4, -0.2) is 27.8 Å². The largest absolute Gasteiger partial charge is 0.465 e. The van der Waals surface area contributed by atoms with Gasteiger partial charge in [0, 0.05) is 11.6 Å². The minimum Gasteiger partial charge on any atom is -0.465 e. The number of carbonyl (C=O) groups is 1. The average Bonchev–Trinajstić information content (AvgIpc) is 2.45. The molecule has 0 fully saturated rings. The summed E-state index contributed by atoms with van der Waals surface area (Å²) < 4.78 is 27.0. The minimum absolute atomic E-state index is 0.197. The van der Waals surface area contributed by atoms with E-state index in [4.69, 9.17) is 0 Å². The van der Waals surface area contributed by atoms with Crippen molar-refractivity contribution in [3.63, 3.8) is 0 Å². The lowest BCUT2D eigenvalue weighted by atomic mass is 10.3. The maximum Gasteiger partial charge on any atom is 0.348 e. The Morgan fingerprint density at radius 2 is 2.07 bits per heavy atom. The van der Waals surface area contributed by atoms with Gasteiger partial charge < -0.3 is 4.74 Å². The first-order valence-electron chi connectivity index (χ1n) is 3.74. The molecule has 0 radical (unpaired) electrons. The predicted molar refractivity (Wildman–Crippen MR) is 53.5 cm³/mol. The summed E-state index contributed by atoms with van der Waals surface area (Å²) in [6, 6.07) is 0. The second kappa shape index (κ2) is 3.70. The van der Waals surface area contributed by atoms with Crippen LogP contribution in [0.25, 0.3) is 0 Å². The van der Waals surface area contributed by atoms with Gasteiger partial charge in [-0.15, -0.1) is 11.3 Å². The topological polar surface area (TPSA) is 60.4 Å². The van der Waals surface area contributed by atoms with Gasteiger partial charge in [-0.1, -0.05) is 0 Å². The smallest absolute Gasteiger partial charge is 0.348 e. The predicted octanol–water partition coefficient (Wildman–Crippen LogP) is 1.25. The van der Waals surface area contributed by atoms with Crippen LogP contribution < -0.4 is 0 Å². The second-order valence-corrected chi connectivity index (χ2v) is 5.68. The van der Waals surface area contributed by atoms with Gasteiger partial charge in [-0.05, 0) is 12.5 Å². The van der Waals surface area contributed by atoms with E-state index in [2.05, 4.69) is 4.74 Å². The molecule has 0 atom stereocenters. The Morgan fingerprint density at radius 3 is 2.43 bits per heavy atom. The summed E-state index contributed by atoms with van der Waals surface area (Å²) in [6.45, 7) is 1.60. The Morgan fingerprint density at radius 1 is 1.50 bits per heavy atom. The van der Waals surface area contributed by atoms with E-state index < -0.39 is 15.8 Å². The second-order valence-electron chi connectivity index (χ2n) is 2.82. The van der Waals surface area contributed by atoms with Gasteiger partial charge in [-0.3, -0.25) is 0 Å². The molecule has 1 rings (SSSR count). The standard InChI is InChI=1S/C8H10O4S2/c1-5-6(14(3,10)11)4-13-7(5)8(9)12-2/h4H,1-3H3. The number of thiophene rings is 1. The minimum atomic E-state index is -3.25. The van der Waals surface area contributed by atoms with Crippen molar-refractivity contribution >= 4 is 27.1 Å². The normalized spacial score (nSPS) is 11.4. The van der Waals surface area contributed by atoms with Crippen LogP contribution in [0.5, 0.6) is 0 Å². The molecule has 0 aliphatic rings. The van der Waals surface area contributed by atoms with Crippen molar-refractivity contribution in [2.45, 2.75) is 11.8 Å². The number of methoxy groups -OCH3 is 1. The molecule has 1 aromatic rings. The SMILES string of the molecule is COC(=O)c1scc(S(C)(=O)=O)c1C. The lowest BCUT2D eigenvalue weighted by Gasteiger charge is -1.98. The van der Waals surface area contributed by atoms with E-state index in [1.165, 1.54) is 12.5 Å². The molecular weight excluding hydrogens is 224 g/mol. The molecule has 0 N–H and O–H groups in total. The van der Waals surface area contributed by atoms with Crippen LogP contribution in [0, 0.1) is 6.92 Å². The van der Waals surface area contributed by atoms with Crippen molar-refractivity contribution in [2.24, 2.45) is 0 Å². The zero-order chi connectivity index (χ0) is 10.9. The van der Waals surface area contributed by atoms with Crippen LogP contribution >= 0.6 is 11.3 Å². The number of hydrogen-bond acceptors (Lipinski definition) is 5. The monoisotopic (exact) mass is 234 g/mol. The highest BCUT2D eigenvalue weighted by atomic mass is 32.2. The number of rotatable bonds is 2. The molecule has 1 heterocycles. The third-order valence-corrected chi connectivity index (χ3v) is 4.20. The third kappa shape index (κ3) is 1.96. The zero-order valence-electron chi connectivity index (χ0n) is 8.03. The molecule has 6 heteroatoms. The molecule has 0 saturated carbocycles. The summed E-state index contributed by atoms with van der Waals surface area (Å²) in [6.07, 6.45) is 1.11. The lowest BCUT2D eigenvalue weighted by Crippen LogP contribution is -2.03. The average molecular weight is 234 g/mol. The summed E-state index contributed by atoms with van der Waals surface area (Å²) in [4.78, 5) is 11.7. The molecule has 0 unspecified atom stereocenters. The Kier molecular flexibility index (Phi) is 2.96. The van der Waals surface area contributed by atoms with Gasteiger partial charge in [0.25, 0.3) is 0 Å². The highest BCUT2D eigenvalue weighted by molar-refractivity contribution is 7.90. The molecule has 4 nitrogen and oxygen atoms in total. The molecule has 0 amide bonds. The van der Waals surface area contributed by atoms with Crippen LogP contribution in [0.1, 0.15) is 15.2 Å². The van der Waals surface area contributed by atoms with E-state index in [1.54, 1.807) is 6.92 Å². The Hall–Kier alpha value is -0.880.